The van der Waals surface area contributed by atoms with Crippen LogP contribution >= 0.6 is 11.8 Å². The average Bonchev–Trinajstić information content (AvgIpc) is 3.11. The van der Waals surface area contributed by atoms with E-state index in [1.54, 1.807) is 32.4 Å². The van der Waals surface area contributed by atoms with E-state index in [9.17, 15) is 18.0 Å². The van der Waals surface area contributed by atoms with E-state index in [0.717, 1.165) is 0 Å². The van der Waals surface area contributed by atoms with Gasteiger partial charge in [0.2, 0.25) is 10.0 Å². The van der Waals surface area contributed by atoms with Crippen molar-refractivity contribution in [1.29, 1.82) is 0 Å². The van der Waals surface area contributed by atoms with Crippen molar-refractivity contribution in [3.05, 3.63) is 35.7 Å². The molecule has 0 spiro atoms. The molecule has 0 saturated heterocycles. The van der Waals surface area contributed by atoms with Crippen LogP contribution < -0.4 is 5.32 Å². The van der Waals surface area contributed by atoms with Crippen LogP contribution in [0.5, 0.6) is 0 Å². The van der Waals surface area contributed by atoms with E-state index in [-0.39, 0.29) is 29.1 Å². The van der Waals surface area contributed by atoms with Crippen LogP contribution in [0.3, 0.4) is 0 Å². The Morgan fingerprint density at radius 3 is 2.35 bits per heavy atom. The van der Waals surface area contributed by atoms with Crippen molar-refractivity contribution in [3.8, 4) is 0 Å². The lowest BCUT2D eigenvalue weighted by atomic mass is 10.2. The zero-order valence-corrected chi connectivity index (χ0v) is 19.6. The molecule has 1 amide bonds. The summed E-state index contributed by atoms with van der Waals surface area (Å²) in [5, 5.41) is 11.3. The van der Waals surface area contributed by atoms with Gasteiger partial charge in [-0.25, -0.2) is 8.42 Å². The number of thioether (sulfide) groups is 1. The zero-order chi connectivity index (χ0) is 23.0. The van der Waals surface area contributed by atoms with Crippen molar-refractivity contribution in [3.63, 3.8) is 0 Å². The van der Waals surface area contributed by atoms with Gasteiger partial charge in [0.1, 0.15) is 0 Å². The second-order valence-electron chi connectivity index (χ2n) is 6.35. The first kappa shape index (κ1) is 24.8. The van der Waals surface area contributed by atoms with E-state index in [1.165, 1.54) is 40.3 Å². The molecule has 0 saturated carbocycles. The number of benzene rings is 1. The molecule has 170 valence electrons. The number of carbonyl (C=O) groups is 2. The van der Waals surface area contributed by atoms with E-state index in [0.29, 0.717) is 36.2 Å². The van der Waals surface area contributed by atoms with E-state index in [1.807, 2.05) is 0 Å². The first-order valence-electron chi connectivity index (χ1n) is 9.79. The molecule has 0 aliphatic carbocycles. The minimum absolute atomic E-state index is 0.120. The number of nitrogens with one attached hydrogen (secondary N) is 1. The van der Waals surface area contributed by atoms with Crippen LogP contribution in [0.1, 0.15) is 37.0 Å². The van der Waals surface area contributed by atoms with Gasteiger partial charge in [0.25, 0.3) is 5.91 Å². The standard InChI is InChI=1S/C19H27N5O5S2/c1-5-24(6-2)31(27,28)15-10-8-14(9-11-15)18(26)20-12-16-21-22-19(23(16)4)30-13-17(25)29-7-3/h8-11H,5-7,12-13H2,1-4H3,(H,20,26). The van der Waals surface area contributed by atoms with Gasteiger partial charge in [-0.1, -0.05) is 25.6 Å². The molecule has 1 aromatic heterocycles. The summed E-state index contributed by atoms with van der Waals surface area (Å²) in [6, 6.07) is 5.80. The predicted octanol–water partition coefficient (Wildman–Crippen LogP) is 1.43. The Morgan fingerprint density at radius 1 is 1.13 bits per heavy atom. The maximum absolute atomic E-state index is 12.5. The first-order chi connectivity index (χ1) is 14.7. The molecule has 1 aromatic carbocycles. The molecule has 12 heteroatoms. The van der Waals surface area contributed by atoms with Crippen LogP contribution in [0, 0.1) is 0 Å². The van der Waals surface area contributed by atoms with Gasteiger partial charge in [0.15, 0.2) is 11.0 Å². The fourth-order valence-corrected chi connectivity index (χ4v) is 4.89. The van der Waals surface area contributed by atoms with Crippen molar-refractivity contribution >= 4 is 33.7 Å². The Bertz CT molecular complexity index is 1000. The molecule has 31 heavy (non-hydrogen) atoms. The Morgan fingerprint density at radius 2 is 1.77 bits per heavy atom. The van der Waals surface area contributed by atoms with Crippen LogP contribution in [-0.2, 0) is 33.1 Å². The molecule has 0 fully saturated rings. The molecule has 1 heterocycles. The van der Waals surface area contributed by atoms with Crippen molar-refractivity contribution < 1.29 is 22.7 Å². The summed E-state index contributed by atoms with van der Waals surface area (Å²) in [4.78, 5) is 24.0. The summed E-state index contributed by atoms with van der Waals surface area (Å²) in [5.74, 6) is -0.0673. The fourth-order valence-electron chi connectivity index (χ4n) is 2.70. The quantitative estimate of drug-likeness (QED) is 0.387. The Kier molecular flexibility index (Phi) is 9.01. The second-order valence-corrected chi connectivity index (χ2v) is 9.23. The number of hydrogen-bond donors (Lipinski definition) is 1. The van der Waals surface area contributed by atoms with E-state index < -0.39 is 10.0 Å². The molecule has 0 atom stereocenters. The van der Waals surface area contributed by atoms with Crippen molar-refractivity contribution in [2.75, 3.05) is 25.4 Å². The highest BCUT2D eigenvalue weighted by Gasteiger charge is 2.21. The number of rotatable bonds is 11. The molecule has 0 bridgehead atoms. The van der Waals surface area contributed by atoms with Gasteiger partial charge in [-0.15, -0.1) is 10.2 Å². The lowest BCUT2D eigenvalue weighted by Gasteiger charge is -2.18. The largest absolute Gasteiger partial charge is 0.465 e. The highest BCUT2D eigenvalue weighted by molar-refractivity contribution is 7.99. The third kappa shape index (κ3) is 6.28. The molecule has 0 unspecified atom stereocenters. The van der Waals surface area contributed by atoms with Crippen molar-refractivity contribution in [2.45, 2.75) is 37.4 Å². The molecular formula is C19H27N5O5S2. The SMILES string of the molecule is CCOC(=O)CSc1nnc(CNC(=O)c2ccc(S(=O)(=O)N(CC)CC)cc2)n1C. The summed E-state index contributed by atoms with van der Waals surface area (Å²) in [6.07, 6.45) is 0. The molecule has 1 N–H and O–H groups in total. The highest BCUT2D eigenvalue weighted by atomic mass is 32.2. The lowest BCUT2D eigenvalue weighted by Crippen LogP contribution is -2.30. The average molecular weight is 470 g/mol. The fraction of sp³-hybridized carbons (Fsp3) is 0.474. The number of aromatic nitrogens is 3. The van der Waals surface area contributed by atoms with Crippen LogP contribution in [0.4, 0.5) is 0 Å². The molecular weight excluding hydrogens is 442 g/mol. The van der Waals surface area contributed by atoms with Crippen LogP contribution in [0.25, 0.3) is 0 Å². The Labute approximate surface area is 186 Å². The van der Waals surface area contributed by atoms with Crippen LogP contribution in [0.15, 0.2) is 34.3 Å². The minimum Gasteiger partial charge on any atom is -0.465 e. The molecule has 0 aliphatic heterocycles. The summed E-state index contributed by atoms with van der Waals surface area (Å²) in [7, 11) is -1.83. The monoisotopic (exact) mass is 469 g/mol. The lowest BCUT2D eigenvalue weighted by molar-refractivity contribution is -0.139. The third-order valence-electron chi connectivity index (χ3n) is 4.42. The Hall–Kier alpha value is -2.44. The highest BCUT2D eigenvalue weighted by Crippen LogP contribution is 2.17. The van der Waals surface area contributed by atoms with E-state index >= 15 is 0 Å². The maximum Gasteiger partial charge on any atom is 0.316 e. The summed E-state index contributed by atoms with van der Waals surface area (Å²) in [5.41, 5.74) is 0.331. The summed E-state index contributed by atoms with van der Waals surface area (Å²) in [6.45, 7) is 6.48. The van der Waals surface area contributed by atoms with Gasteiger partial charge >= 0.3 is 5.97 Å². The molecule has 10 nitrogen and oxygen atoms in total. The topological polar surface area (TPSA) is 123 Å². The van der Waals surface area contributed by atoms with Crippen molar-refractivity contribution in [1.82, 2.24) is 24.4 Å². The zero-order valence-electron chi connectivity index (χ0n) is 18.0. The smallest absolute Gasteiger partial charge is 0.316 e. The maximum atomic E-state index is 12.5. The van der Waals surface area contributed by atoms with Gasteiger partial charge in [0.05, 0.1) is 23.8 Å². The number of ether oxygens (including phenoxy) is 1. The van der Waals surface area contributed by atoms with E-state index in [4.69, 9.17) is 4.74 Å². The number of amides is 1. The molecule has 0 radical (unpaired) electrons. The van der Waals surface area contributed by atoms with Gasteiger partial charge in [0, 0.05) is 25.7 Å². The summed E-state index contributed by atoms with van der Waals surface area (Å²) >= 11 is 1.20. The number of carbonyl (C=O) groups excluding carboxylic acids is 2. The first-order valence-corrected chi connectivity index (χ1v) is 12.2. The van der Waals surface area contributed by atoms with Crippen LogP contribution in [-0.4, -0.2) is 64.8 Å². The normalized spacial score (nSPS) is 11.5. The molecule has 0 aliphatic rings. The van der Waals surface area contributed by atoms with Crippen molar-refractivity contribution in [2.24, 2.45) is 7.05 Å². The predicted molar refractivity (Wildman–Crippen MR) is 116 cm³/mol. The van der Waals surface area contributed by atoms with Gasteiger partial charge in [-0.05, 0) is 31.2 Å². The van der Waals surface area contributed by atoms with Gasteiger partial charge in [-0.3, -0.25) is 9.59 Å². The number of esters is 1. The minimum atomic E-state index is -3.57. The number of hydrogen-bond acceptors (Lipinski definition) is 8. The Balaban J connectivity index is 1.98. The van der Waals surface area contributed by atoms with Gasteiger partial charge in [-0.2, -0.15) is 4.31 Å². The van der Waals surface area contributed by atoms with E-state index in [2.05, 4.69) is 15.5 Å². The number of sulfonamides is 1. The number of nitrogens with zero attached hydrogens (tertiary/aromatic N) is 4. The van der Waals surface area contributed by atoms with Crippen LogP contribution in [0.2, 0.25) is 0 Å². The second kappa shape index (κ2) is 11.3. The summed E-state index contributed by atoms with van der Waals surface area (Å²) < 4.78 is 33.0. The molecule has 2 aromatic rings. The third-order valence-corrected chi connectivity index (χ3v) is 7.47. The van der Waals surface area contributed by atoms with Gasteiger partial charge < -0.3 is 14.6 Å². The molecule has 2 rings (SSSR count).